The van der Waals surface area contributed by atoms with Crippen LogP contribution in [0.4, 0.5) is 0 Å². The second-order valence-electron chi connectivity index (χ2n) is 11.2. The summed E-state index contributed by atoms with van der Waals surface area (Å²) in [6, 6.07) is 15.7. The normalized spacial score (nSPS) is 12.3. The summed E-state index contributed by atoms with van der Waals surface area (Å²) in [7, 11) is 1.54. The predicted octanol–water partition coefficient (Wildman–Crippen LogP) is 4.75. The number of aromatic amines is 1. The maximum absolute atomic E-state index is 14.2. The molecule has 11 nitrogen and oxygen atoms in total. The Morgan fingerprint density at radius 2 is 1.81 bits per heavy atom. The van der Waals surface area contributed by atoms with Crippen molar-refractivity contribution < 1.29 is 9.36 Å². The van der Waals surface area contributed by atoms with Crippen LogP contribution in [0.2, 0.25) is 0 Å². The molecule has 0 atom stereocenters. The second kappa shape index (κ2) is 11.6. The van der Waals surface area contributed by atoms with E-state index >= 15 is 0 Å². The number of benzene rings is 2. The third-order valence-corrected chi connectivity index (χ3v) is 7.03. The zero-order chi connectivity index (χ0) is 30.0. The smallest absolute Gasteiger partial charge is 0.296 e. The fraction of sp³-hybridized carbons (Fsp3) is 0.323. The summed E-state index contributed by atoms with van der Waals surface area (Å²) in [5.41, 5.74) is 8.25. The van der Waals surface area contributed by atoms with Gasteiger partial charge in [0.25, 0.3) is 5.56 Å². The van der Waals surface area contributed by atoms with E-state index in [-0.39, 0.29) is 11.0 Å². The van der Waals surface area contributed by atoms with Crippen LogP contribution in [0, 0.1) is 12.3 Å². The number of hydrogen-bond donors (Lipinski definition) is 2. The highest BCUT2D eigenvalue weighted by Gasteiger charge is 2.23. The molecule has 0 saturated carbocycles. The van der Waals surface area contributed by atoms with Crippen molar-refractivity contribution in [3.05, 3.63) is 97.8 Å². The van der Waals surface area contributed by atoms with Gasteiger partial charge in [0.05, 0.1) is 18.5 Å². The van der Waals surface area contributed by atoms with Crippen molar-refractivity contribution in [3.63, 3.8) is 0 Å². The monoisotopic (exact) mass is 569 g/mol. The Morgan fingerprint density at radius 3 is 2.43 bits per heavy atom. The van der Waals surface area contributed by atoms with Gasteiger partial charge in [-0.3, -0.25) is 24.6 Å². The molecular weight excluding hydrogens is 534 g/mol. The molecule has 3 aromatic heterocycles. The zero-order valence-corrected chi connectivity index (χ0v) is 24.7. The molecule has 5 aromatic rings. The summed E-state index contributed by atoms with van der Waals surface area (Å²) in [6.45, 7) is 10.0. The minimum Gasteiger partial charge on any atom is -0.296 e. The number of fused-ring (bicyclic) bond motifs is 1. The summed E-state index contributed by atoms with van der Waals surface area (Å²) in [6.07, 6.45) is 3.69. The molecule has 2 N–H and O–H groups in total. The molecule has 218 valence electrons. The van der Waals surface area contributed by atoms with Gasteiger partial charge in [-0.1, -0.05) is 87.8 Å². The Labute approximate surface area is 242 Å². The minimum absolute atomic E-state index is 0.151. The SMILES string of the molecule is CCCc1c(Cc2ccc(-c3ccccc3-c3noc(=O)[nH]3)cc2)c(=O)n(/C=C(\NOC)C(C)(C)C)c2nc(C)nn12. The van der Waals surface area contributed by atoms with Gasteiger partial charge in [0, 0.05) is 29.2 Å². The first kappa shape index (κ1) is 28.7. The Bertz CT molecular complexity index is 1870. The molecule has 0 saturated heterocycles. The maximum Gasteiger partial charge on any atom is 0.439 e. The summed E-state index contributed by atoms with van der Waals surface area (Å²) in [4.78, 5) is 38.2. The summed E-state index contributed by atoms with van der Waals surface area (Å²) in [5, 5.41) is 8.53. The first-order valence-corrected chi connectivity index (χ1v) is 13.9. The average Bonchev–Trinajstić information content (AvgIpc) is 3.57. The average molecular weight is 570 g/mol. The number of rotatable bonds is 9. The fourth-order valence-electron chi connectivity index (χ4n) is 4.92. The van der Waals surface area contributed by atoms with Crippen molar-refractivity contribution in [2.75, 3.05) is 7.11 Å². The third-order valence-electron chi connectivity index (χ3n) is 7.03. The third kappa shape index (κ3) is 5.68. The van der Waals surface area contributed by atoms with E-state index in [1.165, 1.54) is 0 Å². The number of aromatic nitrogens is 6. The largest absolute Gasteiger partial charge is 0.439 e. The number of allylic oxidation sites excluding steroid dienone is 1. The van der Waals surface area contributed by atoms with Gasteiger partial charge >= 0.3 is 5.76 Å². The summed E-state index contributed by atoms with van der Waals surface area (Å²) in [5.74, 6) is 0.805. The molecule has 11 heteroatoms. The molecule has 0 unspecified atom stereocenters. The molecule has 0 aliphatic heterocycles. The lowest BCUT2D eigenvalue weighted by Crippen LogP contribution is -2.30. The van der Waals surface area contributed by atoms with Gasteiger partial charge in [-0.05, 0) is 30.0 Å². The van der Waals surface area contributed by atoms with Crippen molar-refractivity contribution in [2.24, 2.45) is 5.41 Å². The van der Waals surface area contributed by atoms with Crippen LogP contribution in [0.25, 0.3) is 34.5 Å². The molecule has 0 amide bonds. The van der Waals surface area contributed by atoms with Crippen molar-refractivity contribution in [2.45, 2.75) is 53.9 Å². The number of hydroxylamine groups is 1. The van der Waals surface area contributed by atoms with Crippen LogP contribution < -0.4 is 16.8 Å². The molecule has 5 rings (SSSR count). The van der Waals surface area contributed by atoms with Gasteiger partial charge in [-0.25, -0.2) is 13.9 Å². The fourth-order valence-corrected chi connectivity index (χ4v) is 4.92. The Morgan fingerprint density at radius 1 is 1.10 bits per heavy atom. The summed E-state index contributed by atoms with van der Waals surface area (Å²) < 4.78 is 8.07. The number of hydrogen-bond acceptors (Lipinski definition) is 8. The molecule has 0 aliphatic rings. The van der Waals surface area contributed by atoms with Crippen LogP contribution in [-0.4, -0.2) is 36.4 Å². The van der Waals surface area contributed by atoms with Gasteiger partial charge in [0.1, 0.15) is 5.82 Å². The highest BCUT2D eigenvalue weighted by atomic mass is 16.6. The molecule has 2 aromatic carbocycles. The lowest BCUT2D eigenvalue weighted by Gasteiger charge is -2.23. The van der Waals surface area contributed by atoms with Crippen LogP contribution in [0.5, 0.6) is 0 Å². The van der Waals surface area contributed by atoms with E-state index in [4.69, 9.17) is 9.36 Å². The van der Waals surface area contributed by atoms with Crippen LogP contribution in [0.15, 0.2) is 68.3 Å². The van der Waals surface area contributed by atoms with E-state index < -0.39 is 5.76 Å². The molecule has 0 fully saturated rings. The van der Waals surface area contributed by atoms with Gasteiger partial charge in [-0.15, -0.1) is 0 Å². The number of H-pyrrole nitrogens is 1. The van der Waals surface area contributed by atoms with Crippen LogP contribution in [0.1, 0.15) is 56.8 Å². The second-order valence-corrected chi connectivity index (χ2v) is 11.2. The topological polar surface area (TPSA) is 132 Å². The van der Waals surface area contributed by atoms with E-state index in [0.29, 0.717) is 35.8 Å². The van der Waals surface area contributed by atoms with E-state index in [2.05, 4.69) is 32.6 Å². The highest BCUT2D eigenvalue weighted by molar-refractivity contribution is 5.80. The lowest BCUT2D eigenvalue weighted by molar-refractivity contribution is 0.101. The quantitative estimate of drug-likeness (QED) is 0.243. The van der Waals surface area contributed by atoms with Crippen LogP contribution in [-0.2, 0) is 17.7 Å². The zero-order valence-electron chi connectivity index (χ0n) is 24.7. The van der Waals surface area contributed by atoms with Crippen LogP contribution in [0.3, 0.4) is 0 Å². The highest BCUT2D eigenvalue weighted by Crippen LogP contribution is 2.30. The molecule has 42 heavy (non-hydrogen) atoms. The van der Waals surface area contributed by atoms with Crippen molar-refractivity contribution >= 4 is 12.0 Å². The molecule has 0 bridgehead atoms. The number of aryl methyl sites for hydroxylation is 2. The predicted molar refractivity (Wildman–Crippen MR) is 161 cm³/mol. The Hall–Kier alpha value is -4.77. The van der Waals surface area contributed by atoms with Crippen molar-refractivity contribution in [1.82, 2.24) is 34.8 Å². The lowest BCUT2D eigenvalue weighted by atomic mass is 9.93. The van der Waals surface area contributed by atoms with Gasteiger partial charge in [0.15, 0.2) is 5.82 Å². The van der Waals surface area contributed by atoms with E-state index in [1.807, 2.05) is 76.2 Å². The maximum atomic E-state index is 14.2. The molecule has 0 radical (unpaired) electrons. The van der Waals surface area contributed by atoms with E-state index in [0.717, 1.165) is 40.1 Å². The molecule has 0 spiro atoms. The van der Waals surface area contributed by atoms with E-state index in [1.54, 1.807) is 22.4 Å². The Kier molecular flexibility index (Phi) is 7.95. The molecule has 0 aliphatic carbocycles. The first-order chi connectivity index (χ1) is 20.1. The van der Waals surface area contributed by atoms with Crippen LogP contribution >= 0.6 is 0 Å². The van der Waals surface area contributed by atoms with Crippen molar-refractivity contribution in [1.29, 1.82) is 0 Å². The Balaban J connectivity index is 1.60. The minimum atomic E-state index is -0.606. The van der Waals surface area contributed by atoms with Crippen molar-refractivity contribution in [3.8, 4) is 22.5 Å². The number of nitrogens with one attached hydrogen (secondary N) is 2. The van der Waals surface area contributed by atoms with Gasteiger partial charge in [-0.2, -0.15) is 10.1 Å². The standard InChI is InChI=1S/C31H35N7O4/c1-7-10-25-24(28(39)37(29-32-19(2)34-38(25)29)18-26(35-41-6)31(3,4)5)17-20-13-15-21(16-14-20)22-11-8-9-12-23(22)27-33-30(40)42-36-27/h8-9,11-16,18,35H,7,10,17H2,1-6H3,(H,33,36,40)/b26-18-. The van der Waals surface area contributed by atoms with Gasteiger partial charge < -0.3 is 0 Å². The van der Waals surface area contributed by atoms with E-state index in [9.17, 15) is 9.59 Å². The molecular formula is C31H35N7O4. The summed E-state index contributed by atoms with van der Waals surface area (Å²) >= 11 is 0. The first-order valence-electron chi connectivity index (χ1n) is 13.9. The number of nitrogens with zero attached hydrogens (tertiary/aromatic N) is 5. The molecule has 3 heterocycles. The van der Waals surface area contributed by atoms with Gasteiger partial charge in [0.2, 0.25) is 5.78 Å².